The van der Waals surface area contributed by atoms with Crippen molar-refractivity contribution in [1.29, 1.82) is 0 Å². The Morgan fingerprint density at radius 1 is 1.02 bits per heavy atom. The normalized spacial score (nSPS) is 19.1. The second-order valence-corrected chi connectivity index (χ2v) is 13.8. The van der Waals surface area contributed by atoms with Gasteiger partial charge in [0.2, 0.25) is 5.88 Å². The number of ether oxygens (including phenoxy) is 2. The third kappa shape index (κ3) is 8.30. The average molecular weight is 752 g/mol. The number of carbonyl (C=O) groups excluding carboxylic acids is 1. The molecule has 1 spiro atoms. The number of anilines is 1. The lowest BCUT2D eigenvalue weighted by Crippen LogP contribution is -2.67. The molecule has 53 heavy (non-hydrogen) atoms. The molecule has 2 saturated heterocycles. The molecule has 3 N–H and O–H groups in total. The van der Waals surface area contributed by atoms with Gasteiger partial charge in [0.25, 0.3) is 5.91 Å². The van der Waals surface area contributed by atoms with E-state index in [9.17, 15) is 36.2 Å². The minimum atomic E-state index is -5.08. The lowest BCUT2D eigenvalue weighted by Gasteiger charge is -2.50. The highest BCUT2D eigenvalue weighted by Gasteiger charge is 2.49. The molecule has 286 valence electrons. The SMILES string of the molecule is CCOc1ncccc1-c1ccc2c(n1)C(=O)N(CC1(O)CNC1)CC21CCN(c2cccc(OCC3CC3)c2C(F)(F)F)CC1.O=C(O)C(F)(F)F. The highest BCUT2D eigenvalue weighted by molar-refractivity contribution is 5.96. The Morgan fingerprint density at radius 2 is 1.72 bits per heavy atom. The van der Waals surface area contributed by atoms with Crippen molar-refractivity contribution < 1.29 is 55.6 Å². The van der Waals surface area contributed by atoms with Gasteiger partial charge in [0.1, 0.15) is 22.6 Å². The molecular weight excluding hydrogens is 712 g/mol. The number of carbonyl (C=O) groups is 2. The van der Waals surface area contributed by atoms with Gasteiger partial charge in [-0.1, -0.05) is 12.1 Å². The summed E-state index contributed by atoms with van der Waals surface area (Å²) >= 11 is 0. The molecule has 11 nitrogen and oxygen atoms in total. The number of rotatable bonds is 9. The van der Waals surface area contributed by atoms with Crippen LogP contribution in [0.15, 0.2) is 48.7 Å². The molecule has 0 atom stereocenters. The van der Waals surface area contributed by atoms with E-state index in [0.29, 0.717) is 80.9 Å². The monoisotopic (exact) mass is 751 g/mol. The van der Waals surface area contributed by atoms with Gasteiger partial charge in [-0.15, -0.1) is 0 Å². The summed E-state index contributed by atoms with van der Waals surface area (Å²) < 4.78 is 86.6. The second-order valence-electron chi connectivity index (χ2n) is 13.8. The number of aromatic nitrogens is 2. The summed E-state index contributed by atoms with van der Waals surface area (Å²) in [6, 6.07) is 12.0. The Hall–Kier alpha value is -4.64. The first-order valence-corrected chi connectivity index (χ1v) is 17.2. The number of nitrogens with zero attached hydrogens (tertiary/aromatic N) is 4. The number of amides is 1. The molecule has 5 heterocycles. The number of fused-ring (bicyclic) bond motifs is 2. The number of piperidine rings is 1. The number of hydrogen-bond acceptors (Lipinski definition) is 9. The maximum Gasteiger partial charge on any atom is 0.490 e. The van der Waals surface area contributed by atoms with Crippen molar-refractivity contribution in [1.82, 2.24) is 20.2 Å². The predicted molar refractivity (Wildman–Crippen MR) is 179 cm³/mol. The van der Waals surface area contributed by atoms with Crippen LogP contribution >= 0.6 is 0 Å². The lowest BCUT2D eigenvalue weighted by atomic mass is 9.69. The Labute approximate surface area is 300 Å². The molecule has 1 aromatic carbocycles. The van der Waals surface area contributed by atoms with Crippen LogP contribution in [-0.2, 0) is 16.4 Å². The first-order chi connectivity index (χ1) is 25.0. The van der Waals surface area contributed by atoms with E-state index < -0.39 is 34.9 Å². The molecule has 0 unspecified atom stereocenters. The van der Waals surface area contributed by atoms with Crippen molar-refractivity contribution in [2.45, 2.75) is 56.0 Å². The molecule has 2 aromatic heterocycles. The summed E-state index contributed by atoms with van der Waals surface area (Å²) in [5.41, 5.74) is 0.0747. The zero-order valence-electron chi connectivity index (χ0n) is 28.8. The number of β-amino-alcohol motifs (C(OH)–C–C–N with tert-alkyl or cyclic N) is 1. The van der Waals surface area contributed by atoms with Crippen molar-refractivity contribution in [2.75, 3.05) is 57.4 Å². The summed E-state index contributed by atoms with van der Waals surface area (Å²) in [7, 11) is 0. The van der Waals surface area contributed by atoms with Gasteiger partial charge in [0.15, 0.2) is 0 Å². The maximum absolute atomic E-state index is 14.5. The van der Waals surface area contributed by atoms with Crippen LogP contribution in [-0.4, -0.2) is 101 Å². The van der Waals surface area contributed by atoms with Gasteiger partial charge in [-0.3, -0.25) is 4.79 Å². The van der Waals surface area contributed by atoms with Gasteiger partial charge >= 0.3 is 18.3 Å². The first kappa shape index (κ1) is 38.1. The Morgan fingerprint density at radius 3 is 2.30 bits per heavy atom. The van der Waals surface area contributed by atoms with Crippen molar-refractivity contribution in [3.05, 3.63) is 65.5 Å². The van der Waals surface area contributed by atoms with Gasteiger partial charge in [-0.25, -0.2) is 14.8 Å². The molecule has 1 aliphatic carbocycles. The molecular formula is C36H39F6N5O6. The molecule has 3 aliphatic heterocycles. The van der Waals surface area contributed by atoms with Crippen LogP contribution in [0.1, 0.15) is 54.2 Å². The summed E-state index contributed by atoms with van der Waals surface area (Å²) in [6.07, 6.45) is -5.06. The topological polar surface area (TPSA) is 137 Å². The smallest absolute Gasteiger partial charge is 0.490 e. The van der Waals surface area contributed by atoms with Crippen LogP contribution in [0.4, 0.5) is 32.0 Å². The largest absolute Gasteiger partial charge is 0.493 e. The highest BCUT2D eigenvalue weighted by Crippen LogP contribution is 2.47. The number of alkyl halides is 6. The highest BCUT2D eigenvalue weighted by atomic mass is 19.4. The van der Waals surface area contributed by atoms with Crippen LogP contribution in [0.25, 0.3) is 11.3 Å². The molecule has 3 aromatic rings. The number of carboxylic acid groups (broad SMARTS) is 1. The third-order valence-electron chi connectivity index (χ3n) is 9.93. The molecule has 7 rings (SSSR count). The van der Waals surface area contributed by atoms with Crippen LogP contribution in [0.2, 0.25) is 0 Å². The van der Waals surface area contributed by atoms with Gasteiger partial charge in [-0.05, 0) is 74.4 Å². The Kier molecular flexibility index (Phi) is 10.5. The van der Waals surface area contributed by atoms with E-state index in [-0.39, 0.29) is 30.5 Å². The third-order valence-corrected chi connectivity index (χ3v) is 9.93. The zero-order chi connectivity index (χ0) is 38.2. The fourth-order valence-corrected chi connectivity index (χ4v) is 7.00. The van der Waals surface area contributed by atoms with Crippen LogP contribution in [0.5, 0.6) is 11.6 Å². The molecule has 3 fully saturated rings. The molecule has 17 heteroatoms. The van der Waals surface area contributed by atoms with Crippen LogP contribution in [0, 0.1) is 5.92 Å². The fraction of sp³-hybridized carbons (Fsp3) is 0.500. The number of nitrogens with one attached hydrogen (secondary N) is 1. The van der Waals surface area contributed by atoms with Gasteiger partial charge < -0.3 is 34.8 Å². The maximum atomic E-state index is 14.5. The number of benzene rings is 1. The minimum Gasteiger partial charge on any atom is -0.493 e. The molecule has 0 radical (unpaired) electrons. The van der Waals surface area contributed by atoms with Crippen LogP contribution < -0.4 is 19.7 Å². The molecule has 1 amide bonds. The van der Waals surface area contributed by atoms with E-state index in [4.69, 9.17) is 24.4 Å². The zero-order valence-corrected chi connectivity index (χ0v) is 28.8. The van der Waals surface area contributed by atoms with Crippen molar-refractivity contribution >= 4 is 17.6 Å². The number of hydrogen-bond donors (Lipinski definition) is 3. The van der Waals surface area contributed by atoms with E-state index in [1.807, 2.05) is 25.1 Å². The van der Waals surface area contributed by atoms with E-state index >= 15 is 0 Å². The van der Waals surface area contributed by atoms with Crippen molar-refractivity contribution in [3.63, 3.8) is 0 Å². The second kappa shape index (κ2) is 14.6. The standard InChI is InChI=1S/C34H38F3N5O4.C2HF3O2/c1-2-45-30-23(5-4-14-39-30)25-11-10-24-29(40-25)31(43)42(21-33(44)18-38-19-33)20-32(24)12-15-41(16-13-32)26-6-3-7-27(28(26)34(35,36)37)46-17-22-8-9-22;3-2(4,5)1(6)7/h3-7,10-11,14,22,38,44H,2,8-9,12-13,15-21H2,1H3;(H,6,7). The Balaban J connectivity index is 0.000000626. The van der Waals surface area contributed by atoms with Crippen molar-refractivity contribution in [2.24, 2.45) is 5.92 Å². The van der Waals surface area contributed by atoms with E-state index in [1.165, 1.54) is 12.1 Å². The molecule has 4 aliphatic rings. The number of pyridine rings is 2. The fourth-order valence-electron chi connectivity index (χ4n) is 7.00. The first-order valence-electron chi connectivity index (χ1n) is 17.2. The van der Waals surface area contributed by atoms with Gasteiger partial charge in [0.05, 0.1) is 36.7 Å². The summed E-state index contributed by atoms with van der Waals surface area (Å²) in [4.78, 5) is 35.5. The Bertz CT molecular complexity index is 1820. The summed E-state index contributed by atoms with van der Waals surface area (Å²) in [5, 5.41) is 21.2. The number of carboxylic acids is 1. The molecule has 1 saturated carbocycles. The summed E-state index contributed by atoms with van der Waals surface area (Å²) in [6.45, 7) is 4.52. The molecule has 0 bridgehead atoms. The summed E-state index contributed by atoms with van der Waals surface area (Å²) in [5.74, 6) is -2.42. The quantitative estimate of drug-likeness (QED) is 0.247. The van der Waals surface area contributed by atoms with Crippen LogP contribution in [0.3, 0.4) is 0 Å². The number of aliphatic carboxylic acids is 1. The van der Waals surface area contributed by atoms with E-state index in [0.717, 1.165) is 18.4 Å². The van der Waals surface area contributed by atoms with Crippen molar-refractivity contribution in [3.8, 4) is 22.9 Å². The predicted octanol–water partition coefficient (Wildman–Crippen LogP) is 5.31. The van der Waals surface area contributed by atoms with E-state index in [1.54, 1.807) is 28.1 Å². The van der Waals surface area contributed by atoms with Gasteiger partial charge in [-0.2, -0.15) is 26.3 Å². The van der Waals surface area contributed by atoms with Gasteiger partial charge in [0, 0.05) is 44.3 Å². The minimum absolute atomic E-state index is 0.114. The van der Waals surface area contributed by atoms with E-state index in [2.05, 4.69) is 10.3 Å². The number of halogens is 6. The average Bonchev–Trinajstić information content (AvgIpc) is 3.93. The number of aliphatic hydroxyl groups is 1. The lowest BCUT2D eigenvalue weighted by molar-refractivity contribution is -0.192.